The Labute approximate surface area is 190 Å². The maximum atomic E-state index is 13.2. The molecule has 1 unspecified atom stereocenters. The average molecular weight is 441 g/mol. The summed E-state index contributed by atoms with van der Waals surface area (Å²) in [6.45, 7) is 1.38. The molecule has 0 aliphatic carbocycles. The van der Waals surface area contributed by atoms with Crippen molar-refractivity contribution in [1.82, 2.24) is 9.97 Å². The van der Waals surface area contributed by atoms with Crippen LogP contribution < -0.4 is 16.0 Å². The van der Waals surface area contributed by atoms with E-state index in [1.807, 2.05) is 42.5 Å². The van der Waals surface area contributed by atoms with E-state index in [2.05, 4.69) is 20.2 Å². The first-order valence-corrected chi connectivity index (χ1v) is 10.8. The number of nitrogens with zero attached hydrogens (tertiary/aromatic N) is 3. The first-order valence-electron chi connectivity index (χ1n) is 10.8. The van der Waals surface area contributed by atoms with Gasteiger partial charge in [-0.15, -0.1) is 0 Å². The van der Waals surface area contributed by atoms with Gasteiger partial charge in [0.2, 0.25) is 5.91 Å². The summed E-state index contributed by atoms with van der Waals surface area (Å²) in [5, 5.41) is 3.68. The summed E-state index contributed by atoms with van der Waals surface area (Å²) in [6.07, 6.45) is 4.89. The third kappa shape index (κ3) is 4.27. The molecule has 1 aromatic carbocycles. The highest BCUT2D eigenvalue weighted by molar-refractivity contribution is 6.13. The second-order valence-corrected chi connectivity index (χ2v) is 8.10. The summed E-state index contributed by atoms with van der Waals surface area (Å²) in [7, 11) is 0. The van der Waals surface area contributed by atoms with Gasteiger partial charge in [0.05, 0.1) is 35.1 Å². The molecule has 1 aliphatic heterocycles. The fourth-order valence-corrected chi connectivity index (χ4v) is 4.18. The number of nitrogens with two attached hydrogens (primary N) is 1. The van der Waals surface area contributed by atoms with Crippen LogP contribution in [0.4, 0.5) is 11.5 Å². The number of pyridine rings is 2. The van der Waals surface area contributed by atoms with Gasteiger partial charge in [0.25, 0.3) is 5.91 Å². The van der Waals surface area contributed by atoms with E-state index in [1.165, 1.54) is 0 Å². The number of hydrogen-bond donors (Lipinski definition) is 2. The summed E-state index contributed by atoms with van der Waals surface area (Å²) >= 11 is 0. The van der Waals surface area contributed by atoms with Crippen LogP contribution in [0.2, 0.25) is 0 Å². The van der Waals surface area contributed by atoms with Crippen molar-refractivity contribution < 1.29 is 14.0 Å². The maximum Gasteiger partial charge on any atom is 0.256 e. The van der Waals surface area contributed by atoms with E-state index in [0.717, 1.165) is 30.6 Å². The molecule has 0 radical (unpaired) electrons. The van der Waals surface area contributed by atoms with Crippen molar-refractivity contribution >= 4 is 34.2 Å². The number of benzene rings is 1. The normalized spacial score (nSPS) is 16.0. The smallest absolute Gasteiger partial charge is 0.256 e. The molecule has 3 aromatic heterocycles. The zero-order chi connectivity index (χ0) is 22.8. The summed E-state index contributed by atoms with van der Waals surface area (Å²) in [5.41, 5.74) is 7.85. The highest BCUT2D eigenvalue weighted by Crippen LogP contribution is 2.27. The van der Waals surface area contributed by atoms with Crippen molar-refractivity contribution in [3.05, 3.63) is 72.6 Å². The SMILES string of the molecule is NC(=O)C1CCCN(c2ccc(NC(=O)c3cc(-c4ccco4)nc4ccccc34)cn2)C1. The molecule has 4 heterocycles. The maximum absolute atomic E-state index is 13.2. The molecule has 5 rings (SSSR count). The number of rotatable bonds is 5. The van der Waals surface area contributed by atoms with Gasteiger partial charge in [-0.3, -0.25) is 9.59 Å². The number of fused-ring (bicyclic) bond motifs is 1. The molecule has 1 atom stereocenters. The van der Waals surface area contributed by atoms with Crippen molar-refractivity contribution in [2.24, 2.45) is 11.7 Å². The van der Waals surface area contributed by atoms with Crippen molar-refractivity contribution in [2.75, 3.05) is 23.3 Å². The van der Waals surface area contributed by atoms with Crippen molar-refractivity contribution in [3.63, 3.8) is 0 Å². The summed E-state index contributed by atoms with van der Waals surface area (Å²) in [5.74, 6) is 0.651. The molecule has 1 fully saturated rings. The Hall–Kier alpha value is -4.20. The van der Waals surface area contributed by atoms with Crippen LogP contribution in [0.5, 0.6) is 0 Å². The number of primary amides is 1. The van der Waals surface area contributed by atoms with E-state index in [-0.39, 0.29) is 17.7 Å². The van der Waals surface area contributed by atoms with Crippen LogP contribution >= 0.6 is 0 Å². The predicted molar refractivity (Wildman–Crippen MR) is 126 cm³/mol. The monoisotopic (exact) mass is 441 g/mol. The lowest BCUT2D eigenvalue weighted by Gasteiger charge is -2.32. The highest BCUT2D eigenvalue weighted by atomic mass is 16.3. The molecular formula is C25H23N5O3. The van der Waals surface area contributed by atoms with Crippen LogP contribution in [-0.2, 0) is 4.79 Å². The lowest BCUT2D eigenvalue weighted by Crippen LogP contribution is -2.41. The lowest BCUT2D eigenvalue weighted by atomic mass is 9.97. The molecule has 2 amide bonds. The number of nitrogens with one attached hydrogen (secondary N) is 1. The third-order valence-electron chi connectivity index (χ3n) is 5.89. The summed E-state index contributed by atoms with van der Waals surface area (Å²) < 4.78 is 5.48. The van der Waals surface area contributed by atoms with Gasteiger partial charge in [-0.05, 0) is 49.2 Å². The molecule has 0 bridgehead atoms. The molecule has 8 nitrogen and oxygen atoms in total. The van der Waals surface area contributed by atoms with Crippen LogP contribution in [0.25, 0.3) is 22.4 Å². The number of carbonyl (C=O) groups excluding carboxylic acids is 2. The summed E-state index contributed by atoms with van der Waals surface area (Å²) in [6, 6.07) is 16.5. The summed E-state index contributed by atoms with van der Waals surface area (Å²) in [4.78, 5) is 35.9. The predicted octanol–water partition coefficient (Wildman–Crippen LogP) is 3.84. The standard InChI is InChI=1S/C25H23N5O3/c26-24(31)16-5-3-11-30(15-16)23-10-9-17(14-27-23)28-25(32)19-13-21(22-8-4-12-33-22)29-20-7-2-1-6-18(19)20/h1-2,4,6-10,12-14,16H,3,5,11,15H2,(H2,26,31)(H,28,32). The Morgan fingerprint density at radius 3 is 2.76 bits per heavy atom. The van der Waals surface area contributed by atoms with Crippen LogP contribution in [0.1, 0.15) is 23.2 Å². The number of piperidine rings is 1. The first kappa shape index (κ1) is 20.7. The van der Waals surface area contributed by atoms with Crippen LogP contribution in [0.15, 0.2) is 71.5 Å². The molecule has 0 spiro atoms. The molecule has 1 saturated heterocycles. The van der Waals surface area contributed by atoms with Gasteiger partial charge >= 0.3 is 0 Å². The van der Waals surface area contributed by atoms with Crippen LogP contribution in [-0.4, -0.2) is 34.9 Å². The van der Waals surface area contributed by atoms with Crippen LogP contribution in [0, 0.1) is 5.92 Å². The van der Waals surface area contributed by atoms with E-state index in [0.29, 0.717) is 34.8 Å². The Kier molecular flexibility index (Phi) is 5.48. The molecule has 1 aliphatic rings. The molecule has 166 valence electrons. The average Bonchev–Trinajstić information content (AvgIpc) is 3.39. The zero-order valence-electron chi connectivity index (χ0n) is 17.9. The van der Waals surface area contributed by atoms with Crippen molar-refractivity contribution in [3.8, 4) is 11.5 Å². The number of aromatic nitrogens is 2. The fraction of sp³-hybridized carbons (Fsp3) is 0.200. The van der Waals surface area contributed by atoms with Crippen molar-refractivity contribution in [2.45, 2.75) is 12.8 Å². The molecule has 4 aromatic rings. The molecule has 33 heavy (non-hydrogen) atoms. The minimum Gasteiger partial charge on any atom is -0.463 e. The van der Waals surface area contributed by atoms with Crippen LogP contribution in [0.3, 0.4) is 0 Å². The number of anilines is 2. The second-order valence-electron chi connectivity index (χ2n) is 8.10. The second kappa shape index (κ2) is 8.74. The molecule has 0 saturated carbocycles. The number of furan rings is 1. The third-order valence-corrected chi connectivity index (χ3v) is 5.89. The molecule has 8 heteroatoms. The first-order chi connectivity index (χ1) is 16.1. The Balaban J connectivity index is 1.38. The number of para-hydroxylation sites is 1. The van der Waals surface area contributed by atoms with Gasteiger partial charge in [0.15, 0.2) is 5.76 Å². The van der Waals surface area contributed by atoms with E-state index < -0.39 is 0 Å². The minimum atomic E-state index is -0.276. The van der Waals surface area contributed by atoms with E-state index >= 15 is 0 Å². The van der Waals surface area contributed by atoms with Crippen molar-refractivity contribution in [1.29, 1.82) is 0 Å². The fourth-order valence-electron chi connectivity index (χ4n) is 4.18. The Bertz CT molecular complexity index is 1300. The Morgan fingerprint density at radius 1 is 1.12 bits per heavy atom. The Morgan fingerprint density at radius 2 is 2.00 bits per heavy atom. The van der Waals surface area contributed by atoms with E-state index in [9.17, 15) is 9.59 Å². The largest absolute Gasteiger partial charge is 0.463 e. The van der Waals surface area contributed by atoms with Gasteiger partial charge in [-0.2, -0.15) is 0 Å². The van der Waals surface area contributed by atoms with Gasteiger partial charge in [-0.1, -0.05) is 18.2 Å². The number of amides is 2. The molecular weight excluding hydrogens is 418 g/mol. The van der Waals surface area contributed by atoms with Gasteiger partial charge in [0, 0.05) is 18.5 Å². The van der Waals surface area contributed by atoms with E-state index in [1.54, 1.807) is 24.6 Å². The van der Waals surface area contributed by atoms with E-state index in [4.69, 9.17) is 10.2 Å². The minimum absolute atomic E-state index is 0.164. The van der Waals surface area contributed by atoms with Gasteiger partial charge in [0.1, 0.15) is 11.5 Å². The number of carbonyl (C=O) groups is 2. The topological polar surface area (TPSA) is 114 Å². The van der Waals surface area contributed by atoms with Gasteiger partial charge < -0.3 is 20.4 Å². The quantitative estimate of drug-likeness (QED) is 0.486. The highest BCUT2D eigenvalue weighted by Gasteiger charge is 2.24. The number of hydrogen-bond acceptors (Lipinski definition) is 6. The van der Waals surface area contributed by atoms with Gasteiger partial charge in [-0.25, -0.2) is 9.97 Å². The zero-order valence-corrected chi connectivity index (χ0v) is 17.9. The molecule has 3 N–H and O–H groups in total. The lowest BCUT2D eigenvalue weighted by molar-refractivity contribution is -0.122.